The lowest BCUT2D eigenvalue weighted by atomic mass is 9.79. The van der Waals surface area contributed by atoms with Crippen molar-refractivity contribution in [2.24, 2.45) is 0 Å². The number of nitrogens with two attached hydrogens (primary N) is 1. The van der Waals surface area contributed by atoms with Crippen LogP contribution in [0.4, 0.5) is 5.69 Å². The molecular formula is C12H17BClNO2S. The molecule has 0 radical (unpaired) electrons. The van der Waals surface area contributed by atoms with Crippen LogP contribution in [0.1, 0.15) is 27.7 Å². The Bertz CT molecular complexity index is 454. The molecule has 98 valence electrons. The molecule has 6 heteroatoms. The van der Waals surface area contributed by atoms with Crippen molar-refractivity contribution in [2.75, 3.05) is 5.73 Å². The van der Waals surface area contributed by atoms with Gasteiger partial charge >= 0.3 is 7.12 Å². The zero-order valence-electron chi connectivity index (χ0n) is 11.0. The van der Waals surface area contributed by atoms with E-state index in [1.807, 2.05) is 33.8 Å². The lowest BCUT2D eigenvalue weighted by Gasteiger charge is -2.32. The molecule has 1 aromatic rings. The van der Waals surface area contributed by atoms with Gasteiger partial charge < -0.3 is 15.0 Å². The van der Waals surface area contributed by atoms with Gasteiger partial charge in [-0.05, 0) is 45.3 Å². The van der Waals surface area contributed by atoms with Gasteiger partial charge in [0.05, 0.1) is 21.9 Å². The SMILES string of the molecule is CC1(C)OB(c2cc(S)c(N)c(Cl)c2)OC1(C)C. The first-order chi connectivity index (χ1) is 8.14. The van der Waals surface area contributed by atoms with Crippen molar-refractivity contribution < 1.29 is 9.31 Å². The Kier molecular flexibility index (Phi) is 3.39. The molecule has 1 saturated heterocycles. The maximum atomic E-state index is 6.05. The molecular weight excluding hydrogens is 268 g/mol. The third-order valence-electron chi connectivity index (χ3n) is 3.66. The number of hydrogen-bond acceptors (Lipinski definition) is 4. The lowest BCUT2D eigenvalue weighted by Crippen LogP contribution is -2.41. The van der Waals surface area contributed by atoms with Crippen LogP contribution in [0.3, 0.4) is 0 Å². The monoisotopic (exact) mass is 285 g/mol. The Balaban J connectivity index is 2.36. The highest BCUT2D eigenvalue weighted by molar-refractivity contribution is 7.80. The lowest BCUT2D eigenvalue weighted by molar-refractivity contribution is 0.00578. The van der Waals surface area contributed by atoms with E-state index in [2.05, 4.69) is 12.6 Å². The molecule has 0 saturated carbocycles. The van der Waals surface area contributed by atoms with Crippen LogP contribution in [0.25, 0.3) is 0 Å². The molecule has 2 rings (SSSR count). The van der Waals surface area contributed by atoms with Gasteiger partial charge in [0.1, 0.15) is 0 Å². The molecule has 1 fully saturated rings. The third-order valence-corrected chi connectivity index (χ3v) is 4.34. The van der Waals surface area contributed by atoms with Gasteiger partial charge in [0.25, 0.3) is 0 Å². The number of nitrogen functional groups attached to an aromatic ring is 1. The van der Waals surface area contributed by atoms with Crippen LogP contribution >= 0.6 is 24.2 Å². The van der Waals surface area contributed by atoms with Crippen molar-refractivity contribution in [1.29, 1.82) is 0 Å². The Morgan fingerprint density at radius 1 is 1.17 bits per heavy atom. The van der Waals surface area contributed by atoms with Gasteiger partial charge in [0.2, 0.25) is 0 Å². The van der Waals surface area contributed by atoms with Gasteiger partial charge in [0.15, 0.2) is 0 Å². The fraction of sp³-hybridized carbons (Fsp3) is 0.500. The summed E-state index contributed by atoms with van der Waals surface area (Å²) in [4.78, 5) is 0.632. The molecule has 18 heavy (non-hydrogen) atoms. The summed E-state index contributed by atoms with van der Waals surface area (Å²) in [5.74, 6) is 0. The zero-order chi connectivity index (χ0) is 13.7. The first-order valence-corrected chi connectivity index (χ1v) is 6.60. The van der Waals surface area contributed by atoms with Crippen LogP contribution in [-0.2, 0) is 9.31 Å². The van der Waals surface area contributed by atoms with E-state index in [0.29, 0.717) is 15.6 Å². The fourth-order valence-electron chi connectivity index (χ4n) is 1.74. The summed E-state index contributed by atoms with van der Waals surface area (Å²) in [5.41, 5.74) is 6.32. The minimum absolute atomic E-state index is 0.373. The summed E-state index contributed by atoms with van der Waals surface area (Å²) in [6.45, 7) is 8.03. The summed E-state index contributed by atoms with van der Waals surface area (Å²) in [5, 5.41) is 0.465. The molecule has 1 aliphatic heterocycles. The average molecular weight is 286 g/mol. The molecule has 1 heterocycles. The molecule has 1 aliphatic rings. The Labute approximate surface area is 119 Å². The van der Waals surface area contributed by atoms with Crippen molar-refractivity contribution in [3.63, 3.8) is 0 Å². The quantitative estimate of drug-likeness (QED) is 0.473. The first kappa shape index (κ1) is 14.1. The third kappa shape index (κ3) is 2.25. The van der Waals surface area contributed by atoms with E-state index in [0.717, 1.165) is 5.46 Å². The van der Waals surface area contributed by atoms with Crippen molar-refractivity contribution in [3.8, 4) is 0 Å². The number of anilines is 1. The molecule has 2 N–H and O–H groups in total. The van der Waals surface area contributed by atoms with Gasteiger partial charge in [-0.1, -0.05) is 11.6 Å². The second kappa shape index (κ2) is 4.34. The fourth-order valence-corrected chi connectivity index (χ4v) is 2.30. The van der Waals surface area contributed by atoms with Gasteiger partial charge in [-0.25, -0.2) is 0 Å². The Hall–Kier alpha value is -0.355. The van der Waals surface area contributed by atoms with E-state index in [9.17, 15) is 0 Å². The summed E-state index contributed by atoms with van der Waals surface area (Å²) >= 11 is 10.4. The van der Waals surface area contributed by atoms with Crippen molar-refractivity contribution in [3.05, 3.63) is 17.2 Å². The second-order valence-corrected chi connectivity index (χ2v) is 6.41. The molecule has 0 amide bonds. The smallest absolute Gasteiger partial charge is 0.399 e. The van der Waals surface area contributed by atoms with Crippen molar-refractivity contribution >= 4 is 42.5 Å². The van der Waals surface area contributed by atoms with Gasteiger partial charge in [-0.2, -0.15) is 0 Å². The number of benzene rings is 1. The van der Waals surface area contributed by atoms with E-state index in [1.54, 1.807) is 6.07 Å². The van der Waals surface area contributed by atoms with Gasteiger partial charge in [0, 0.05) is 4.90 Å². The Morgan fingerprint density at radius 2 is 1.67 bits per heavy atom. The topological polar surface area (TPSA) is 44.5 Å². The molecule has 0 atom stereocenters. The van der Waals surface area contributed by atoms with Crippen molar-refractivity contribution in [1.82, 2.24) is 0 Å². The van der Waals surface area contributed by atoms with E-state index < -0.39 is 7.12 Å². The largest absolute Gasteiger partial charge is 0.494 e. The summed E-state index contributed by atoms with van der Waals surface area (Å²) in [7, 11) is -0.445. The van der Waals surface area contributed by atoms with E-state index >= 15 is 0 Å². The standard InChI is InChI=1S/C12H17BClNO2S/c1-11(2)12(3,4)17-13(16-11)7-5-8(14)10(15)9(18)6-7/h5-6,18H,15H2,1-4H3. The average Bonchev–Trinajstić information content (AvgIpc) is 2.44. The summed E-state index contributed by atoms with van der Waals surface area (Å²) in [6.07, 6.45) is 0. The van der Waals surface area contributed by atoms with E-state index in [-0.39, 0.29) is 11.2 Å². The zero-order valence-corrected chi connectivity index (χ0v) is 12.6. The minimum Gasteiger partial charge on any atom is -0.399 e. The molecule has 0 unspecified atom stereocenters. The van der Waals surface area contributed by atoms with E-state index in [1.165, 1.54) is 0 Å². The number of rotatable bonds is 1. The van der Waals surface area contributed by atoms with Crippen LogP contribution in [0.5, 0.6) is 0 Å². The molecule has 1 aromatic carbocycles. The highest BCUT2D eigenvalue weighted by atomic mass is 35.5. The van der Waals surface area contributed by atoms with Gasteiger partial charge in [-0.3, -0.25) is 0 Å². The molecule has 0 bridgehead atoms. The van der Waals surface area contributed by atoms with Crippen LogP contribution in [0.15, 0.2) is 17.0 Å². The highest BCUT2D eigenvalue weighted by Gasteiger charge is 2.51. The van der Waals surface area contributed by atoms with Crippen molar-refractivity contribution in [2.45, 2.75) is 43.8 Å². The van der Waals surface area contributed by atoms with Crippen LogP contribution < -0.4 is 11.2 Å². The number of halogens is 1. The number of thiol groups is 1. The second-order valence-electron chi connectivity index (χ2n) is 5.52. The molecule has 0 aromatic heterocycles. The number of hydrogen-bond donors (Lipinski definition) is 2. The van der Waals surface area contributed by atoms with Crippen LogP contribution in [0.2, 0.25) is 5.02 Å². The summed E-state index contributed by atoms with van der Waals surface area (Å²) < 4.78 is 11.9. The predicted octanol–water partition coefficient (Wildman–Crippen LogP) is 2.51. The minimum atomic E-state index is -0.445. The molecule has 0 aliphatic carbocycles. The maximum Gasteiger partial charge on any atom is 0.494 e. The highest BCUT2D eigenvalue weighted by Crippen LogP contribution is 2.37. The van der Waals surface area contributed by atoms with E-state index in [4.69, 9.17) is 26.6 Å². The maximum absolute atomic E-state index is 6.05. The molecule has 0 spiro atoms. The molecule has 3 nitrogen and oxygen atoms in total. The van der Waals surface area contributed by atoms with Crippen LogP contribution in [-0.4, -0.2) is 18.3 Å². The Morgan fingerprint density at radius 3 is 2.11 bits per heavy atom. The summed E-state index contributed by atoms with van der Waals surface area (Å²) in [6, 6.07) is 3.59. The first-order valence-electron chi connectivity index (χ1n) is 5.77. The predicted molar refractivity (Wildman–Crippen MR) is 78.8 cm³/mol. The van der Waals surface area contributed by atoms with Crippen LogP contribution in [0, 0.1) is 0 Å². The van der Waals surface area contributed by atoms with Gasteiger partial charge in [-0.15, -0.1) is 12.6 Å². The normalized spacial score (nSPS) is 21.3.